The topological polar surface area (TPSA) is 92.5 Å². The Balaban J connectivity index is 2.43. The molecule has 0 aromatic carbocycles. The van der Waals surface area contributed by atoms with Crippen molar-refractivity contribution in [3.8, 4) is 0 Å². The number of amides is 1. The van der Waals surface area contributed by atoms with Crippen molar-refractivity contribution >= 4 is 43.2 Å². The molecule has 106 valence electrons. The number of hydrogen-bond acceptors (Lipinski definition) is 5. The lowest BCUT2D eigenvalue weighted by Gasteiger charge is -2.33. The lowest BCUT2D eigenvalue weighted by Crippen LogP contribution is -2.58. The van der Waals surface area contributed by atoms with Gasteiger partial charge in [-0.25, -0.2) is 8.42 Å². The van der Waals surface area contributed by atoms with Crippen molar-refractivity contribution in [1.29, 1.82) is 0 Å². The van der Waals surface area contributed by atoms with Crippen LogP contribution in [0.2, 0.25) is 0 Å². The Hall–Kier alpha value is -0.480. The summed E-state index contributed by atoms with van der Waals surface area (Å²) in [5, 5.41) is 2.98. The first-order chi connectivity index (χ1) is 8.84. The molecule has 2 heterocycles. The Morgan fingerprint density at radius 3 is 2.84 bits per heavy atom. The van der Waals surface area contributed by atoms with Crippen molar-refractivity contribution in [2.24, 2.45) is 5.73 Å². The third kappa shape index (κ3) is 2.84. The first kappa shape index (κ1) is 14.9. The number of thiophene rings is 1. The summed E-state index contributed by atoms with van der Waals surface area (Å²) in [5.74, 6) is -0.636. The minimum Gasteiger partial charge on any atom is -0.368 e. The van der Waals surface area contributed by atoms with Gasteiger partial charge in [0, 0.05) is 24.5 Å². The predicted octanol–water partition coefficient (Wildman–Crippen LogP) is 0.267. The summed E-state index contributed by atoms with van der Waals surface area (Å²) in [6, 6.07) is 0.729. The van der Waals surface area contributed by atoms with Crippen LogP contribution in [0, 0.1) is 6.92 Å². The van der Waals surface area contributed by atoms with E-state index in [1.54, 1.807) is 13.0 Å². The van der Waals surface area contributed by atoms with E-state index >= 15 is 0 Å². The number of hydrogen-bond donors (Lipinski definition) is 2. The number of halogens is 1. The standard InChI is InChI=1S/C10H14BrN3O3S2/c1-6-8(4-9(11)18-6)19(16,17)14-3-2-13-5-7(14)10(12)15/h4,7,13H,2-3,5H2,1H3,(H2,12,15). The van der Waals surface area contributed by atoms with E-state index in [0.717, 1.165) is 3.79 Å². The van der Waals surface area contributed by atoms with E-state index in [4.69, 9.17) is 5.73 Å². The number of sulfonamides is 1. The van der Waals surface area contributed by atoms with E-state index in [-0.39, 0.29) is 18.0 Å². The minimum absolute atomic E-state index is 0.234. The molecule has 6 nitrogen and oxygen atoms in total. The summed E-state index contributed by atoms with van der Waals surface area (Å²) in [6.45, 7) is 2.74. The smallest absolute Gasteiger partial charge is 0.245 e. The Kier molecular flexibility index (Phi) is 4.31. The third-order valence-corrected chi connectivity index (χ3v) is 6.67. The highest BCUT2D eigenvalue weighted by molar-refractivity contribution is 9.11. The molecule has 1 amide bonds. The number of primary amides is 1. The Labute approximate surface area is 124 Å². The van der Waals surface area contributed by atoms with E-state index in [0.29, 0.717) is 11.4 Å². The normalized spacial score (nSPS) is 21.5. The van der Waals surface area contributed by atoms with Crippen LogP contribution in [0.25, 0.3) is 0 Å². The van der Waals surface area contributed by atoms with Crippen molar-refractivity contribution in [3.05, 3.63) is 14.7 Å². The van der Waals surface area contributed by atoms with E-state index in [1.807, 2.05) is 0 Å². The van der Waals surface area contributed by atoms with Crippen LogP contribution in [0.15, 0.2) is 14.7 Å². The second-order valence-electron chi connectivity index (χ2n) is 4.21. The lowest BCUT2D eigenvalue weighted by molar-refractivity contribution is -0.122. The summed E-state index contributed by atoms with van der Waals surface area (Å²) in [7, 11) is -3.69. The van der Waals surface area contributed by atoms with Gasteiger partial charge in [-0.3, -0.25) is 4.79 Å². The zero-order valence-corrected chi connectivity index (χ0v) is 13.4. The van der Waals surface area contributed by atoms with E-state index < -0.39 is 22.0 Å². The Morgan fingerprint density at radius 1 is 1.63 bits per heavy atom. The quantitative estimate of drug-likeness (QED) is 0.801. The van der Waals surface area contributed by atoms with Gasteiger partial charge in [0.25, 0.3) is 0 Å². The molecule has 0 aliphatic carbocycles. The van der Waals surface area contributed by atoms with Crippen molar-refractivity contribution in [1.82, 2.24) is 9.62 Å². The number of rotatable bonds is 3. The van der Waals surface area contributed by atoms with Crippen LogP contribution in [-0.2, 0) is 14.8 Å². The van der Waals surface area contributed by atoms with Gasteiger partial charge in [-0.2, -0.15) is 4.31 Å². The predicted molar refractivity (Wildman–Crippen MR) is 76.5 cm³/mol. The number of carbonyl (C=O) groups is 1. The van der Waals surface area contributed by atoms with Crippen LogP contribution in [0.5, 0.6) is 0 Å². The molecule has 1 aliphatic heterocycles. The van der Waals surface area contributed by atoms with Crippen LogP contribution in [0.1, 0.15) is 4.88 Å². The van der Waals surface area contributed by atoms with Crippen molar-refractivity contribution < 1.29 is 13.2 Å². The van der Waals surface area contributed by atoms with Crippen LogP contribution in [0.3, 0.4) is 0 Å². The Morgan fingerprint density at radius 2 is 2.32 bits per heavy atom. The van der Waals surface area contributed by atoms with Gasteiger partial charge in [0.1, 0.15) is 6.04 Å². The van der Waals surface area contributed by atoms with Gasteiger partial charge in [0.05, 0.1) is 8.68 Å². The van der Waals surface area contributed by atoms with E-state index in [9.17, 15) is 13.2 Å². The lowest BCUT2D eigenvalue weighted by atomic mass is 10.2. The van der Waals surface area contributed by atoms with Gasteiger partial charge in [-0.15, -0.1) is 11.3 Å². The molecule has 1 aliphatic rings. The summed E-state index contributed by atoms with van der Waals surface area (Å²) >= 11 is 4.62. The molecule has 1 saturated heterocycles. The molecule has 1 aromatic rings. The molecule has 0 saturated carbocycles. The largest absolute Gasteiger partial charge is 0.368 e. The molecule has 1 aromatic heterocycles. The SMILES string of the molecule is Cc1sc(Br)cc1S(=O)(=O)N1CCNCC1C(N)=O. The molecule has 19 heavy (non-hydrogen) atoms. The fourth-order valence-electron chi connectivity index (χ4n) is 2.03. The fraction of sp³-hybridized carbons (Fsp3) is 0.500. The second kappa shape index (κ2) is 5.49. The van der Waals surface area contributed by atoms with Crippen molar-refractivity contribution in [3.63, 3.8) is 0 Å². The number of carbonyl (C=O) groups excluding carboxylic acids is 1. The van der Waals surface area contributed by atoms with Crippen LogP contribution in [-0.4, -0.2) is 44.3 Å². The highest BCUT2D eigenvalue weighted by atomic mass is 79.9. The van der Waals surface area contributed by atoms with Gasteiger partial charge >= 0.3 is 0 Å². The number of nitrogens with one attached hydrogen (secondary N) is 1. The van der Waals surface area contributed by atoms with Crippen LogP contribution < -0.4 is 11.1 Å². The fourth-order valence-corrected chi connectivity index (χ4v) is 6.01. The zero-order valence-electron chi connectivity index (χ0n) is 10.2. The Bertz CT molecular complexity index is 599. The summed E-state index contributed by atoms with van der Waals surface area (Å²) in [4.78, 5) is 12.3. The minimum atomic E-state index is -3.69. The first-order valence-corrected chi connectivity index (χ1v) is 8.67. The van der Waals surface area contributed by atoms with Gasteiger partial charge in [-0.05, 0) is 28.9 Å². The number of nitrogens with zero attached hydrogens (tertiary/aromatic N) is 1. The maximum Gasteiger partial charge on any atom is 0.245 e. The van der Waals surface area contributed by atoms with Crippen molar-refractivity contribution in [2.45, 2.75) is 17.9 Å². The highest BCUT2D eigenvalue weighted by Crippen LogP contribution is 2.32. The summed E-state index contributed by atoms with van der Waals surface area (Å²) in [6.07, 6.45) is 0. The van der Waals surface area contributed by atoms with Gasteiger partial charge in [-0.1, -0.05) is 0 Å². The monoisotopic (exact) mass is 367 g/mol. The van der Waals surface area contributed by atoms with E-state index in [2.05, 4.69) is 21.2 Å². The molecule has 1 unspecified atom stereocenters. The van der Waals surface area contributed by atoms with Crippen LogP contribution >= 0.6 is 27.3 Å². The average Bonchev–Trinajstić information content (AvgIpc) is 2.69. The van der Waals surface area contributed by atoms with Gasteiger partial charge in [0.15, 0.2) is 0 Å². The number of aryl methyl sites for hydroxylation is 1. The van der Waals surface area contributed by atoms with Gasteiger partial charge in [0.2, 0.25) is 15.9 Å². The third-order valence-electron chi connectivity index (χ3n) is 2.95. The molecular weight excluding hydrogens is 354 g/mol. The molecule has 0 bridgehead atoms. The summed E-state index contributed by atoms with van der Waals surface area (Å²) < 4.78 is 27.2. The molecule has 1 fully saturated rings. The maximum absolute atomic E-state index is 12.6. The molecule has 3 N–H and O–H groups in total. The summed E-state index contributed by atoms with van der Waals surface area (Å²) in [5.41, 5.74) is 5.28. The average molecular weight is 368 g/mol. The number of piperazine rings is 1. The van der Waals surface area contributed by atoms with E-state index in [1.165, 1.54) is 15.6 Å². The molecular formula is C10H14BrN3O3S2. The molecule has 1 atom stereocenters. The molecule has 0 radical (unpaired) electrons. The number of nitrogens with two attached hydrogens (primary N) is 1. The highest BCUT2D eigenvalue weighted by Gasteiger charge is 2.37. The zero-order chi connectivity index (χ0) is 14.2. The van der Waals surface area contributed by atoms with Crippen LogP contribution in [0.4, 0.5) is 0 Å². The first-order valence-electron chi connectivity index (χ1n) is 5.62. The van der Waals surface area contributed by atoms with Crippen molar-refractivity contribution in [2.75, 3.05) is 19.6 Å². The molecule has 2 rings (SSSR count). The molecule has 0 spiro atoms. The second-order valence-corrected chi connectivity index (χ2v) is 8.70. The van der Waals surface area contributed by atoms with Gasteiger partial charge < -0.3 is 11.1 Å². The maximum atomic E-state index is 12.6. The molecule has 9 heteroatoms.